The number of hydrogen-bond acceptors (Lipinski definition) is 4. The molecule has 30 heavy (non-hydrogen) atoms. The number of nitrogens with one attached hydrogen (secondary N) is 1. The maximum Gasteiger partial charge on any atom is 0.281 e. The molecule has 0 bridgehead atoms. The van der Waals surface area contributed by atoms with Gasteiger partial charge >= 0.3 is 0 Å². The van der Waals surface area contributed by atoms with Gasteiger partial charge < -0.3 is 14.5 Å². The molecule has 0 radical (unpaired) electrons. The predicted octanol–water partition coefficient (Wildman–Crippen LogP) is 5.57. The largest absolute Gasteiger partial charge is 0.484 e. The van der Waals surface area contributed by atoms with E-state index in [4.69, 9.17) is 44.6 Å². The zero-order valence-electron chi connectivity index (χ0n) is 15.2. The van der Waals surface area contributed by atoms with Crippen molar-refractivity contribution in [3.05, 3.63) is 87.7 Å². The molecule has 1 aliphatic heterocycles. The van der Waals surface area contributed by atoms with Crippen LogP contribution in [0.2, 0.25) is 10.0 Å². The van der Waals surface area contributed by atoms with Gasteiger partial charge in [-0.05, 0) is 60.7 Å². The van der Waals surface area contributed by atoms with E-state index in [9.17, 15) is 9.18 Å². The second-order valence-corrected chi connectivity index (χ2v) is 7.50. The van der Waals surface area contributed by atoms with Gasteiger partial charge in [0.15, 0.2) is 5.11 Å². The summed E-state index contributed by atoms with van der Waals surface area (Å²) in [5.41, 5.74) is 0.707. The summed E-state index contributed by atoms with van der Waals surface area (Å²) < 4.78 is 24.5. The van der Waals surface area contributed by atoms with Crippen LogP contribution in [-0.2, 0) is 11.4 Å². The van der Waals surface area contributed by atoms with Crippen molar-refractivity contribution in [2.24, 2.45) is 0 Å². The smallest absolute Gasteiger partial charge is 0.281 e. The SMILES string of the molecule is O=C1/C(=C\c2ccc(COc3cc(Cl)ccc3Cl)o2)NC(=S)N1c1ccc(F)cc1. The van der Waals surface area contributed by atoms with Crippen LogP contribution >= 0.6 is 35.4 Å². The number of hydrogen-bond donors (Lipinski definition) is 1. The number of carbonyl (C=O) groups excluding carboxylic acids is 1. The van der Waals surface area contributed by atoms with Crippen LogP contribution in [0, 0.1) is 5.82 Å². The van der Waals surface area contributed by atoms with E-state index in [-0.39, 0.29) is 23.3 Å². The number of rotatable bonds is 5. The Kier molecular flexibility index (Phi) is 5.76. The Labute approximate surface area is 186 Å². The van der Waals surface area contributed by atoms with E-state index in [1.54, 1.807) is 30.3 Å². The van der Waals surface area contributed by atoms with Crippen molar-refractivity contribution < 1.29 is 18.3 Å². The second-order valence-electron chi connectivity index (χ2n) is 6.27. The van der Waals surface area contributed by atoms with E-state index >= 15 is 0 Å². The minimum Gasteiger partial charge on any atom is -0.484 e. The van der Waals surface area contributed by atoms with Crippen molar-refractivity contribution in [2.75, 3.05) is 4.90 Å². The molecule has 0 unspecified atom stereocenters. The minimum absolute atomic E-state index is 0.130. The first kappa shape index (κ1) is 20.4. The number of thiocarbonyl (C=S) groups is 1. The molecule has 0 aliphatic carbocycles. The molecular formula is C21H13Cl2FN2O3S. The van der Waals surface area contributed by atoms with E-state index in [0.29, 0.717) is 33.0 Å². The van der Waals surface area contributed by atoms with Gasteiger partial charge in [-0.15, -0.1) is 0 Å². The zero-order valence-corrected chi connectivity index (χ0v) is 17.5. The van der Waals surface area contributed by atoms with E-state index in [1.807, 2.05) is 0 Å². The summed E-state index contributed by atoms with van der Waals surface area (Å²) in [6, 6.07) is 13.8. The molecule has 1 saturated heterocycles. The highest BCUT2D eigenvalue weighted by Crippen LogP contribution is 2.29. The number of ether oxygens (including phenoxy) is 1. The predicted molar refractivity (Wildman–Crippen MR) is 117 cm³/mol. The average Bonchev–Trinajstić information content (AvgIpc) is 3.28. The summed E-state index contributed by atoms with van der Waals surface area (Å²) in [6.45, 7) is 0.130. The van der Waals surface area contributed by atoms with Crippen LogP contribution in [0.5, 0.6) is 5.75 Å². The van der Waals surface area contributed by atoms with Gasteiger partial charge in [-0.1, -0.05) is 23.2 Å². The van der Waals surface area contributed by atoms with Gasteiger partial charge in [0.1, 0.15) is 35.4 Å². The van der Waals surface area contributed by atoms with Gasteiger partial charge in [-0.3, -0.25) is 9.69 Å². The Hall–Kier alpha value is -2.87. The van der Waals surface area contributed by atoms with Crippen LogP contribution in [0.15, 0.2) is 64.7 Å². The Morgan fingerprint density at radius 2 is 1.90 bits per heavy atom. The molecule has 1 fully saturated rings. The number of halogens is 3. The van der Waals surface area contributed by atoms with Gasteiger partial charge in [0.05, 0.1) is 10.7 Å². The van der Waals surface area contributed by atoms with Crippen molar-refractivity contribution in [3.63, 3.8) is 0 Å². The third-order valence-corrected chi connectivity index (χ3v) is 5.03. The van der Waals surface area contributed by atoms with Crippen LogP contribution in [0.3, 0.4) is 0 Å². The Bertz CT molecular complexity index is 1160. The molecule has 5 nitrogen and oxygen atoms in total. The van der Waals surface area contributed by atoms with E-state index in [1.165, 1.54) is 35.2 Å². The Morgan fingerprint density at radius 1 is 1.13 bits per heavy atom. The van der Waals surface area contributed by atoms with Gasteiger partial charge in [0, 0.05) is 17.2 Å². The van der Waals surface area contributed by atoms with Crippen LogP contribution < -0.4 is 15.0 Å². The molecule has 2 aromatic carbocycles. The van der Waals surface area contributed by atoms with E-state index < -0.39 is 5.82 Å². The number of nitrogens with zero attached hydrogens (tertiary/aromatic N) is 1. The lowest BCUT2D eigenvalue weighted by Crippen LogP contribution is -2.30. The number of benzene rings is 2. The molecule has 4 rings (SSSR count). The molecule has 1 amide bonds. The first-order chi connectivity index (χ1) is 14.4. The Balaban J connectivity index is 1.47. The topological polar surface area (TPSA) is 54.7 Å². The van der Waals surface area contributed by atoms with Crippen molar-refractivity contribution in [3.8, 4) is 5.75 Å². The molecule has 1 N–H and O–H groups in total. The fraction of sp³-hybridized carbons (Fsp3) is 0.0476. The summed E-state index contributed by atoms with van der Waals surface area (Å²) in [5, 5.41) is 3.99. The van der Waals surface area contributed by atoms with Crippen molar-refractivity contribution >= 4 is 58.2 Å². The van der Waals surface area contributed by atoms with Crippen LogP contribution in [0.1, 0.15) is 11.5 Å². The highest BCUT2D eigenvalue weighted by molar-refractivity contribution is 7.80. The minimum atomic E-state index is -0.399. The lowest BCUT2D eigenvalue weighted by molar-refractivity contribution is -0.113. The molecule has 0 atom stereocenters. The lowest BCUT2D eigenvalue weighted by atomic mass is 10.2. The molecular weight excluding hydrogens is 450 g/mol. The molecule has 0 spiro atoms. The van der Waals surface area contributed by atoms with Gasteiger partial charge in [-0.2, -0.15) is 0 Å². The average molecular weight is 463 g/mol. The standard InChI is InChI=1S/C21H13Cl2FN2O3S/c22-12-1-8-17(23)19(9-12)28-11-16-7-6-15(29-16)10-18-20(27)26(21(30)25-18)14-4-2-13(24)3-5-14/h1-10H,11H2,(H,25,30)/b18-10+. The van der Waals surface area contributed by atoms with E-state index in [0.717, 1.165) is 0 Å². The normalized spacial score (nSPS) is 15.0. The monoisotopic (exact) mass is 462 g/mol. The quantitative estimate of drug-likeness (QED) is 0.396. The summed E-state index contributed by atoms with van der Waals surface area (Å²) in [4.78, 5) is 14.0. The fourth-order valence-electron chi connectivity index (χ4n) is 2.79. The third-order valence-electron chi connectivity index (χ3n) is 4.20. The van der Waals surface area contributed by atoms with Crippen LogP contribution in [0.25, 0.3) is 6.08 Å². The first-order valence-corrected chi connectivity index (χ1v) is 9.86. The molecule has 2 heterocycles. The molecule has 3 aromatic rings. The third kappa shape index (κ3) is 4.33. The number of amides is 1. The summed E-state index contributed by atoms with van der Waals surface area (Å²) in [7, 11) is 0. The zero-order chi connectivity index (χ0) is 21.3. The summed E-state index contributed by atoms with van der Waals surface area (Å²) in [6.07, 6.45) is 1.54. The maximum absolute atomic E-state index is 13.1. The number of anilines is 1. The first-order valence-electron chi connectivity index (χ1n) is 8.70. The van der Waals surface area contributed by atoms with E-state index in [2.05, 4.69) is 5.32 Å². The molecule has 9 heteroatoms. The van der Waals surface area contributed by atoms with Crippen molar-refractivity contribution in [1.82, 2.24) is 5.32 Å². The summed E-state index contributed by atoms with van der Waals surface area (Å²) >= 11 is 17.3. The van der Waals surface area contributed by atoms with Crippen LogP contribution in [-0.4, -0.2) is 11.0 Å². The molecule has 1 aliphatic rings. The number of furan rings is 1. The Morgan fingerprint density at radius 3 is 2.67 bits per heavy atom. The lowest BCUT2D eigenvalue weighted by Gasteiger charge is -2.13. The molecule has 152 valence electrons. The van der Waals surface area contributed by atoms with Crippen molar-refractivity contribution in [1.29, 1.82) is 0 Å². The molecule has 1 aromatic heterocycles. The van der Waals surface area contributed by atoms with Gasteiger partial charge in [0.25, 0.3) is 5.91 Å². The highest BCUT2D eigenvalue weighted by atomic mass is 35.5. The van der Waals surface area contributed by atoms with Gasteiger partial charge in [-0.25, -0.2) is 4.39 Å². The molecule has 0 saturated carbocycles. The van der Waals surface area contributed by atoms with Gasteiger partial charge in [0.2, 0.25) is 0 Å². The van der Waals surface area contributed by atoms with Crippen LogP contribution in [0.4, 0.5) is 10.1 Å². The second kappa shape index (κ2) is 8.47. The highest BCUT2D eigenvalue weighted by Gasteiger charge is 2.32. The maximum atomic E-state index is 13.1. The van der Waals surface area contributed by atoms with Crippen molar-refractivity contribution in [2.45, 2.75) is 6.61 Å². The fourth-order valence-corrected chi connectivity index (χ4v) is 3.42. The summed E-state index contributed by atoms with van der Waals surface area (Å²) in [5.74, 6) is 0.635. The number of carbonyl (C=O) groups is 1.